The predicted molar refractivity (Wildman–Crippen MR) is 83.7 cm³/mol. The molecule has 1 saturated heterocycles. The van der Waals surface area contributed by atoms with Crippen molar-refractivity contribution in [2.24, 2.45) is 0 Å². The molecule has 22 heavy (non-hydrogen) atoms. The van der Waals surface area contributed by atoms with Gasteiger partial charge in [0.2, 0.25) is 0 Å². The maximum atomic E-state index is 9.61. The maximum Gasteiger partial charge on any atom is 0.258 e. The van der Waals surface area contributed by atoms with Crippen LogP contribution in [0, 0.1) is 0 Å². The molecule has 118 valence electrons. The van der Waals surface area contributed by atoms with Crippen LogP contribution in [0.2, 0.25) is 0 Å². The van der Waals surface area contributed by atoms with Crippen LogP contribution in [-0.2, 0) is 5.41 Å². The monoisotopic (exact) mass is 302 g/mol. The highest BCUT2D eigenvalue weighted by Gasteiger charge is 2.22. The van der Waals surface area contributed by atoms with Crippen LogP contribution < -0.4 is 4.90 Å². The molecule has 0 saturated carbocycles. The summed E-state index contributed by atoms with van der Waals surface area (Å²) in [5.41, 5.74) is 0.736. The van der Waals surface area contributed by atoms with E-state index in [0.29, 0.717) is 11.7 Å². The summed E-state index contributed by atoms with van der Waals surface area (Å²) in [6.45, 7) is 7.79. The minimum Gasteiger partial charge on any atom is -0.393 e. The molecule has 0 amide bonds. The van der Waals surface area contributed by atoms with Gasteiger partial charge in [-0.3, -0.25) is 0 Å². The number of hydrogen-bond acceptors (Lipinski definition) is 6. The zero-order valence-electron chi connectivity index (χ0n) is 13.3. The number of pyridine rings is 1. The number of aromatic nitrogens is 3. The summed E-state index contributed by atoms with van der Waals surface area (Å²) in [5.74, 6) is 2.10. The van der Waals surface area contributed by atoms with Gasteiger partial charge in [0, 0.05) is 30.3 Å². The van der Waals surface area contributed by atoms with Crippen LogP contribution in [0.15, 0.2) is 22.9 Å². The Morgan fingerprint density at radius 3 is 2.64 bits per heavy atom. The van der Waals surface area contributed by atoms with Crippen LogP contribution in [0.1, 0.15) is 39.4 Å². The van der Waals surface area contributed by atoms with Crippen LogP contribution >= 0.6 is 0 Å². The van der Waals surface area contributed by atoms with Crippen LogP contribution in [-0.4, -0.2) is 39.4 Å². The van der Waals surface area contributed by atoms with Gasteiger partial charge in [0.15, 0.2) is 5.82 Å². The molecular formula is C16H22N4O2. The molecule has 0 radical (unpaired) electrons. The highest BCUT2D eigenvalue weighted by atomic mass is 16.5. The van der Waals surface area contributed by atoms with Crippen molar-refractivity contribution in [1.29, 1.82) is 0 Å². The number of anilines is 1. The normalized spacial score (nSPS) is 17.0. The van der Waals surface area contributed by atoms with Crippen LogP contribution in [0.25, 0.3) is 11.5 Å². The number of hydrogen-bond donors (Lipinski definition) is 1. The van der Waals surface area contributed by atoms with Gasteiger partial charge >= 0.3 is 0 Å². The first-order valence-corrected chi connectivity index (χ1v) is 7.67. The van der Waals surface area contributed by atoms with E-state index in [-0.39, 0.29) is 11.5 Å². The van der Waals surface area contributed by atoms with E-state index in [1.165, 1.54) is 0 Å². The molecule has 1 N–H and O–H groups in total. The van der Waals surface area contributed by atoms with Crippen molar-refractivity contribution in [3.05, 3.63) is 24.2 Å². The molecule has 3 heterocycles. The average Bonchev–Trinajstić information content (AvgIpc) is 2.98. The van der Waals surface area contributed by atoms with E-state index in [0.717, 1.165) is 37.3 Å². The molecule has 1 fully saturated rings. The van der Waals surface area contributed by atoms with Gasteiger partial charge in [-0.15, -0.1) is 0 Å². The minimum atomic E-state index is -0.190. The molecule has 0 aliphatic carbocycles. The summed E-state index contributed by atoms with van der Waals surface area (Å²) in [5, 5.41) is 13.7. The van der Waals surface area contributed by atoms with E-state index in [1.54, 1.807) is 6.20 Å². The SMILES string of the molecule is CC(C)(C)c1noc(-c2ccnc(N3CCC(O)CC3)c2)n1. The molecule has 3 rings (SSSR count). The lowest BCUT2D eigenvalue weighted by molar-refractivity contribution is 0.145. The number of piperidine rings is 1. The van der Waals surface area contributed by atoms with E-state index in [2.05, 4.69) is 40.8 Å². The Bertz CT molecular complexity index is 640. The van der Waals surface area contributed by atoms with Crippen molar-refractivity contribution >= 4 is 5.82 Å². The standard InChI is InChI=1S/C16H22N4O2/c1-16(2,3)15-18-14(22-19-15)11-4-7-17-13(10-11)20-8-5-12(21)6-9-20/h4,7,10,12,21H,5-6,8-9H2,1-3H3. The maximum absolute atomic E-state index is 9.61. The van der Waals surface area contributed by atoms with E-state index in [9.17, 15) is 5.11 Å². The third-order valence-electron chi connectivity index (χ3n) is 3.88. The topological polar surface area (TPSA) is 75.3 Å². The van der Waals surface area contributed by atoms with Gasteiger partial charge in [0.1, 0.15) is 5.82 Å². The molecule has 0 unspecified atom stereocenters. The Labute approximate surface area is 130 Å². The smallest absolute Gasteiger partial charge is 0.258 e. The Morgan fingerprint density at radius 2 is 2.00 bits per heavy atom. The minimum absolute atomic E-state index is 0.138. The predicted octanol–water partition coefficient (Wildman–Crippen LogP) is 2.39. The third-order valence-corrected chi connectivity index (χ3v) is 3.88. The molecule has 0 aromatic carbocycles. The molecule has 0 bridgehead atoms. The molecular weight excluding hydrogens is 280 g/mol. The van der Waals surface area contributed by atoms with E-state index in [1.807, 2.05) is 12.1 Å². The Kier molecular flexibility index (Phi) is 3.87. The summed E-state index contributed by atoms with van der Waals surface area (Å²) in [7, 11) is 0. The summed E-state index contributed by atoms with van der Waals surface area (Å²) in [6.07, 6.45) is 3.13. The highest BCUT2D eigenvalue weighted by molar-refractivity contribution is 5.58. The van der Waals surface area contributed by atoms with Gasteiger partial charge in [-0.25, -0.2) is 4.98 Å². The fraction of sp³-hybridized carbons (Fsp3) is 0.562. The van der Waals surface area contributed by atoms with Gasteiger partial charge in [0.25, 0.3) is 5.89 Å². The zero-order chi connectivity index (χ0) is 15.7. The van der Waals surface area contributed by atoms with Crippen molar-refractivity contribution in [3.63, 3.8) is 0 Å². The molecule has 2 aromatic rings. The summed E-state index contributed by atoms with van der Waals surface area (Å²) in [4.78, 5) is 11.1. The van der Waals surface area contributed by atoms with Crippen LogP contribution in [0.4, 0.5) is 5.82 Å². The first-order valence-electron chi connectivity index (χ1n) is 7.67. The summed E-state index contributed by atoms with van der Waals surface area (Å²) in [6, 6.07) is 3.85. The first-order chi connectivity index (χ1) is 10.4. The quantitative estimate of drug-likeness (QED) is 0.918. The molecule has 6 nitrogen and oxygen atoms in total. The fourth-order valence-electron chi connectivity index (χ4n) is 2.46. The lowest BCUT2D eigenvalue weighted by Gasteiger charge is -2.30. The van der Waals surface area contributed by atoms with Crippen LogP contribution in [0.5, 0.6) is 0 Å². The molecule has 0 spiro atoms. The molecule has 1 aliphatic rings. The Balaban J connectivity index is 1.83. The third kappa shape index (κ3) is 3.11. The van der Waals surface area contributed by atoms with Crippen LogP contribution in [0.3, 0.4) is 0 Å². The van der Waals surface area contributed by atoms with Crippen molar-refractivity contribution in [2.45, 2.75) is 45.1 Å². The number of rotatable bonds is 2. The van der Waals surface area contributed by atoms with Gasteiger partial charge < -0.3 is 14.5 Å². The Morgan fingerprint density at radius 1 is 1.27 bits per heavy atom. The second kappa shape index (κ2) is 5.68. The van der Waals surface area contributed by atoms with Gasteiger partial charge in [-0.05, 0) is 25.0 Å². The number of aliphatic hydroxyl groups is 1. The van der Waals surface area contributed by atoms with Gasteiger partial charge in [-0.1, -0.05) is 25.9 Å². The first kappa shape index (κ1) is 15.0. The lowest BCUT2D eigenvalue weighted by atomic mass is 9.96. The lowest BCUT2D eigenvalue weighted by Crippen LogP contribution is -2.36. The van der Waals surface area contributed by atoms with E-state index >= 15 is 0 Å². The zero-order valence-corrected chi connectivity index (χ0v) is 13.3. The van der Waals surface area contributed by atoms with Crippen molar-refractivity contribution < 1.29 is 9.63 Å². The Hall–Kier alpha value is -1.95. The molecule has 1 aliphatic heterocycles. The molecule has 0 atom stereocenters. The molecule has 2 aromatic heterocycles. The summed E-state index contributed by atoms with van der Waals surface area (Å²) < 4.78 is 5.39. The second-order valence-corrected chi connectivity index (χ2v) is 6.79. The average molecular weight is 302 g/mol. The van der Waals surface area contributed by atoms with Gasteiger partial charge in [-0.2, -0.15) is 4.98 Å². The van der Waals surface area contributed by atoms with E-state index < -0.39 is 0 Å². The van der Waals surface area contributed by atoms with E-state index in [4.69, 9.17) is 4.52 Å². The van der Waals surface area contributed by atoms with Crippen molar-refractivity contribution in [3.8, 4) is 11.5 Å². The largest absolute Gasteiger partial charge is 0.393 e. The number of nitrogens with zero attached hydrogens (tertiary/aromatic N) is 4. The molecule has 6 heteroatoms. The highest BCUT2D eigenvalue weighted by Crippen LogP contribution is 2.26. The second-order valence-electron chi connectivity index (χ2n) is 6.79. The van der Waals surface area contributed by atoms with Gasteiger partial charge in [0.05, 0.1) is 6.10 Å². The van der Waals surface area contributed by atoms with Crippen molar-refractivity contribution in [2.75, 3.05) is 18.0 Å². The summed E-state index contributed by atoms with van der Waals surface area (Å²) >= 11 is 0. The fourth-order valence-corrected chi connectivity index (χ4v) is 2.46. The van der Waals surface area contributed by atoms with Crippen molar-refractivity contribution in [1.82, 2.24) is 15.1 Å². The number of aliphatic hydroxyl groups excluding tert-OH is 1.